The lowest BCUT2D eigenvalue weighted by molar-refractivity contribution is -0.110. The second kappa shape index (κ2) is 3.71. The summed E-state index contributed by atoms with van der Waals surface area (Å²) < 4.78 is 0. The average Bonchev–Trinajstić information content (AvgIpc) is 2.40. The van der Waals surface area contributed by atoms with Gasteiger partial charge in [-0.2, -0.15) is 0 Å². The molecule has 1 rings (SSSR count). The van der Waals surface area contributed by atoms with Gasteiger partial charge >= 0.3 is 0 Å². The molecule has 1 heteroatoms. The van der Waals surface area contributed by atoms with E-state index in [0.29, 0.717) is 0 Å². The topological polar surface area (TPSA) is 17.1 Å². The summed E-state index contributed by atoms with van der Waals surface area (Å²) in [7, 11) is 0. The first kappa shape index (κ1) is 7.73. The first-order valence-corrected chi connectivity index (χ1v) is 3.56. The summed E-state index contributed by atoms with van der Waals surface area (Å²) in [5, 5.41) is 0. The van der Waals surface area contributed by atoms with Crippen LogP contribution in [-0.2, 0) is 4.79 Å². The molecule has 0 spiro atoms. The zero-order valence-corrected chi connectivity index (χ0v) is 6.45. The van der Waals surface area contributed by atoms with E-state index in [2.05, 4.69) is 0 Å². The van der Waals surface area contributed by atoms with Gasteiger partial charge in [-0.25, -0.2) is 0 Å². The van der Waals surface area contributed by atoms with E-state index in [1.165, 1.54) is 0 Å². The number of rotatable bonds is 2. The Morgan fingerprint density at radius 1 is 1.36 bits per heavy atom. The maximum absolute atomic E-state index is 11.0. The van der Waals surface area contributed by atoms with Gasteiger partial charge < -0.3 is 0 Å². The van der Waals surface area contributed by atoms with Gasteiger partial charge in [0.1, 0.15) is 0 Å². The molecule has 0 heterocycles. The first-order chi connectivity index (χ1) is 5.33. The minimum Gasteiger partial charge on any atom is -0.290 e. The monoisotopic (exact) mass is 146 g/mol. The zero-order valence-electron chi connectivity index (χ0n) is 6.45. The largest absolute Gasteiger partial charge is 0.290 e. The Balaban J connectivity index is 2.65. The van der Waals surface area contributed by atoms with Gasteiger partial charge in [-0.15, -0.1) is 0 Å². The van der Waals surface area contributed by atoms with E-state index >= 15 is 0 Å². The fraction of sp³-hybridized carbons (Fsp3) is 0.100. The quantitative estimate of drug-likeness (QED) is 0.546. The highest BCUT2D eigenvalue weighted by Crippen LogP contribution is 2.06. The van der Waals surface area contributed by atoms with Gasteiger partial charge in [0.05, 0.1) is 0 Å². The normalized spacial score (nSPS) is 14.8. The van der Waals surface area contributed by atoms with E-state index in [9.17, 15) is 4.79 Å². The van der Waals surface area contributed by atoms with Crippen LogP contribution in [-0.4, -0.2) is 5.78 Å². The number of allylic oxidation sites excluding steroid dienone is 8. The number of hydrogen-bond donors (Lipinski definition) is 0. The van der Waals surface area contributed by atoms with E-state index in [-0.39, 0.29) is 5.78 Å². The van der Waals surface area contributed by atoms with Crippen LogP contribution in [0.3, 0.4) is 0 Å². The Labute approximate surface area is 66.4 Å². The van der Waals surface area contributed by atoms with Crippen LogP contribution in [0.1, 0.15) is 6.92 Å². The van der Waals surface area contributed by atoms with Crippen molar-refractivity contribution in [2.24, 2.45) is 0 Å². The minimum atomic E-state index is 0.0405. The Kier molecular flexibility index (Phi) is 2.61. The highest BCUT2D eigenvalue weighted by atomic mass is 16.1. The zero-order chi connectivity index (χ0) is 8.10. The van der Waals surface area contributed by atoms with E-state index in [1.807, 2.05) is 31.2 Å². The molecule has 1 aliphatic carbocycles. The van der Waals surface area contributed by atoms with Gasteiger partial charge in [0.15, 0.2) is 5.78 Å². The highest BCUT2D eigenvalue weighted by molar-refractivity contribution is 6.00. The van der Waals surface area contributed by atoms with Gasteiger partial charge in [-0.05, 0) is 24.6 Å². The van der Waals surface area contributed by atoms with Crippen LogP contribution in [0.5, 0.6) is 0 Å². The molecule has 0 fully saturated rings. The molecule has 1 nitrogen and oxygen atoms in total. The van der Waals surface area contributed by atoms with Crippen molar-refractivity contribution in [3.63, 3.8) is 0 Å². The van der Waals surface area contributed by atoms with Gasteiger partial charge in [0.25, 0.3) is 0 Å². The predicted molar refractivity (Wildman–Crippen MR) is 46.2 cm³/mol. The summed E-state index contributed by atoms with van der Waals surface area (Å²) in [4.78, 5) is 11.0. The van der Waals surface area contributed by atoms with Gasteiger partial charge in [0, 0.05) is 0 Å². The summed E-state index contributed by atoms with van der Waals surface area (Å²) in [6.07, 6.45) is 12.5. The molecule has 0 aromatic rings. The smallest absolute Gasteiger partial charge is 0.178 e. The molecule has 0 bridgehead atoms. The van der Waals surface area contributed by atoms with Crippen molar-refractivity contribution in [2.45, 2.75) is 6.92 Å². The van der Waals surface area contributed by atoms with E-state index in [4.69, 9.17) is 0 Å². The summed E-state index contributed by atoms with van der Waals surface area (Å²) >= 11 is 0. The molecule has 56 valence electrons. The molecule has 0 radical (unpaired) electrons. The van der Waals surface area contributed by atoms with Crippen molar-refractivity contribution in [2.75, 3.05) is 0 Å². The van der Waals surface area contributed by atoms with Crippen molar-refractivity contribution in [1.82, 2.24) is 0 Å². The molecule has 0 atom stereocenters. The summed E-state index contributed by atoms with van der Waals surface area (Å²) in [6.45, 7) is 1.83. The molecular weight excluding hydrogens is 136 g/mol. The molecule has 0 saturated heterocycles. The summed E-state index contributed by atoms with van der Waals surface area (Å²) in [5.41, 5.74) is 0.966. The number of ketones is 1. The molecule has 0 saturated carbocycles. The minimum absolute atomic E-state index is 0.0405. The molecule has 0 aromatic heterocycles. The maximum atomic E-state index is 11.0. The van der Waals surface area contributed by atoms with Gasteiger partial charge in [-0.1, -0.05) is 30.4 Å². The molecule has 0 aromatic carbocycles. The Morgan fingerprint density at radius 3 is 2.55 bits per heavy atom. The molecule has 0 amide bonds. The molecule has 0 aliphatic heterocycles. The fourth-order valence-electron chi connectivity index (χ4n) is 0.862. The lowest BCUT2D eigenvalue weighted by Gasteiger charge is -1.85. The lowest BCUT2D eigenvalue weighted by Crippen LogP contribution is -1.85. The second-order valence-electron chi connectivity index (χ2n) is 2.26. The van der Waals surface area contributed by atoms with Crippen LogP contribution in [0.25, 0.3) is 0 Å². The van der Waals surface area contributed by atoms with Crippen LogP contribution in [0.15, 0.2) is 48.1 Å². The van der Waals surface area contributed by atoms with Crippen molar-refractivity contribution in [1.29, 1.82) is 0 Å². The summed E-state index contributed by atoms with van der Waals surface area (Å²) in [6, 6.07) is 0. The van der Waals surface area contributed by atoms with Crippen LogP contribution < -0.4 is 0 Å². The molecule has 0 N–H and O–H groups in total. The van der Waals surface area contributed by atoms with Crippen LogP contribution in [0.2, 0.25) is 0 Å². The third kappa shape index (κ3) is 2.38. The van der Waals surface area contributed by atoms with E-state index in [0.717, 1.165) is 5.57 Å². The third-order valence-corrected chi connectivity index (χ3v) is 1.33. The molecular formula is C10H10O. The van der Waals surface area contributed by atoms with Crippen molar-refractivity contribution >= 4 is 5.78 Å². The number of carbonyl (C=O) groups is 1. The number of carbonyl (C=O) groups excluding carboxylic acids is 1. The van der Waals surface area contributed by atoms with Gasteiger partial charge in [-0.3, -0.25) is 4.79 Å². The highest BCUT2D eigenvalue weighted by Gasteiger charge is 1.94. The van der Waals surface area contributed by atoms with Crippen LogP contribution >= 0.6 is 0 Å². The molecule has 11 heavy (non-hydrogen) atoms. The van der Waals surface area contributed by atoms with Crippen molar-refractivity contribution in [3.05, 3.63) is 48.1 Å². The SMILES string of the molecule is C/C=C/C(=O)C=C1C=CC=C1. The standard InChI is InChI=1S/C10H10O/c1-2-5-10(11)8-9-6-3-4-7-9/h2-8H,1H3/b5-2+. The summed E-state index contributed by atoms with van der Waals surface area (Å²) in [5.74, 6) is 0.0405. The van der Waals surface area contributed by atoms with Crippen LogP contribution in [0, 0.1) is 0 Å². The predicted octanol–water partition coefficient (Wildman–Crippen LogP) is 2.18. The Bertz CT molecular complexity index is 251. The van der Waals surface area contributed by atoms with E-state index < -0.39 is 0 Å². The first-order valence-electron chi connectivity index (χ1n) is 3.56. The second-order valence-corrected chi connectivity index (χ2v) is 2.26. The Morgan fingerprint density at radius 2 is 2.00 bits per heavy atom. The average molecular weight is 146 g/mol. The molecule has 1 aliphatic rings. The van der Waals surface area contributed by atoms with Crippen molar-refractivity contribution < 1.29 is 4.79 Å². The van der Waals surface area contributed by atoms with Crippen molar-refractivity contribution in [3.8, 4) is 0 Å². The fourth-order valence-corrected chi connectivity index (χ4v) is 0.862. The van der Waals surface area contributed by atoms with Crippen LogP contribution in [0.4, 0.5) is 0 Å². The van der Waals surface area contributed by atoms with E-state index in [1.54, 1.807) is 18.2 Å². The Hall–Kier alpha value is -1.37. The lowest BCUT2D eigenvalue weighted by atomic mass is 10.2. The number of hydrogen-bond acceptors (Lipinski definition) is 1. The maximum Gasteiger partial charge on any atom is 0.178 e. The van der Waals surface area contributed by atoms with Gasteiger partial charge in [0.2, 0.25) is 0 Å². The molecule has 0 unspecified atom stereocenters. The third-order valence-electron chi connectivity index (χ3n) is 1.33.